The molecule has 4 unspecified atom stereocenters. The van der Waals surface area contributed by atoms with Gasteiger partial charge in [-0.1, -0.05) is 20.3 Å². The van der Waals surface area contributed by atoms with Crippen LogP contribution in [0.1, 0.15) is 111 Å². The standard InChI is InChI=1S/C34H57N2O4/c1-23(37)39-31-20-25-12-13-26-27(34(25,4)22-29(31)35-16-8-6-9-17-35)14-15-33(3)28(26)21-30(32(33)40-24(2)38)36(5)18-10-7-11-19-36/h25-32H,6-22H2,1-5H3/q+1/t25?,26?,27?,28?,29-,30-,31-,32-,33-,34-/m0/s1. The summed E-state index contributed by atoms with van der Waals surface area (Å²) in [6.45, 7) is 13.1. The highest BCUT2D eigenvalue weighted by atomic mass is 16.5. The summed E-state index contributed by atoms with van der Waals surface area (Å²) in [5, 5.41) is 0. The van der Waals surface area contributed by atoms with E-state index in [1.54, 1.807) is 13.8 Å². The van der Waals surface area contributed by atoms with Gasteiger partial charge in [-0.05, 0) is 113 Å². The van der Waals surface area contributed by atoms with Crippen LogP contribution < -0.4 is 0 Å². The molecule has 226 valence electrons. The summed E-state index contributed by atoms with van der Waals surface area (Å²) in [5.41, 5.74) is 0.377. The second-order valence-electron chi connectivity index (χ2n) is 15.8. The van der Waals surface area contributed by atoms with Gasteiger partial charge < -0.3 is 14.0 Å². The summed E-state index contributed by atoms with van der Waals surface area (Å²) >= 11 is 0. The molecule has 4 aliphatic carbocycles. The van der Waals surface area contributed by atoms with Crippen LogP contribution in [0.3, 0.4) is 0 Å². The molecule has 0 aromatic rings. The number of hydrogen-bond donors (Lipinski definition) is 0. The van der Waals surface area contributed by atoms with Gasteiger partial charge in [0.1, 0.15) is 12.1 Å². The van der Waals surface area contributed by atoms with Crippen LogP contribution in [0, 0.1) is 34.5 Å². The first-order chi connectivity index (χ1) is 19.0. The summed E-state index contributed by atoms with van der Waals surface area (Å²) < 4.78 is 13.5. The topological polar surface area (TPSA) is 55.8 Å². The molecule has 6 aliphatic rings. The summed E-state index contributed by atoms with van der Waals surface area (Å²) in [7, 11) is 2.47. The van der Waals surface area contributed by atoms with Gasteiger partial charge in [-0.15, -0.1) is 0 Å². The van der Waals surface area contributed by atoms with Gasteiger partial charge in [-0.2, -0.15) is 0 Å². The predicted octanol–water partition coefficient (Wildman–Crippen LogP) is 5.97. The van der Waals surface area contributed by atoms with E-state index in [9.17, 15) is 9.59 Å². The fourth-order valence-electron chi connectivity index (χ4n) is 11.7. The minimum absolute atomic E-state index is 0.0466. The van der Waals surface area contributed by atoms with E-state index < -0.39 is 0 Å². The third-order valence-electron chi connectivity index (χ3n) is 13.7. The molecule has 0 radical (unpaired) electrons. The summed E-state index contributed by atoms with van der Waals surface area (Å²) in [5.74, 6) is 2.50. The fraction of sp³-hybridized carbons (Fsp3) is 0.941. The van der Waals surface area contributed by atoms with E-state index in [4.69, 9.17) is 9.47 Å². The van der Waals surface area contributed by atoms with Crippen molar-refractivity contribution in [3.05, 3.63) is 0 Å². The molecule has 0 aromatic carbocycles. The van der Waals surface area contributed by atoms with E-state index in [2.05, 4.69) is 25.8 Å². The second kappa shape index (κ2) is 10.8. The van der Waals surface area contributed by atoms with Crippen molar-refractivity contribution in [2.75, 3.05) is 33.2 Å². The van der Waals surface area contributed by atoms with Gasteiger partial charge in [0.05, 0.1) is 20.1 Å². The van der Waals surface area contributed by atoms with Crippen molar-refractivity contribution in [1.29, 1.82) is 0 Å². The molecule has 6 nitrogen and oxygen atoms in total. The molecule has 2 saturated heterocycles. The number of quaternary nitrogens is 1. The van der Waals surface area contributed by atoms with Crippen LogP contribution >= 0.6 is 0 Å². The van der Waals surface area contributed by atoms with Crippen LogP contribution in [0.4, 0.5) is 0 Å². The Hall–Kier alpha value is -1.14. The maximum atomic E-state index is 12.5. The Kier molecular flexibility index (Phi) is 7.85. The molecule has 2 heterocycles. The van der Waals surface area contributed by atoms with Crippen molar-refractivity contribution in [2.24, 2.45) is 34.5 Å². The number of fused-ring (bicyclic) bond motifs is 5. The quantitative estimate of drug-likeness (QED) is 0.315. The normalized spacial score (nSPS) is 46.9. The van der Waals surface area contributed by atoms with Crippen LogP contribution in [0.15, 0.2) is 0 Å². The minimum Gasteiger partial charge on any atom is -0.461 e. The Morgan fingerprint density at radius 3 is 2.15 bits per heavy atom. The van der Waals surface area contributed by atoms with E-state index in [0.29, 0.717) is 35.3 Å². The van der Waals surface area contributed by atoms with Crippen LogP contribution in [0.25, 0.3) is 0 Å². The molecule has 0 N–H and O–H groups in total. The van der Waals surface area contributed by atoms with Crippen LogP contribution in [-0.2, 0) is 19.1 Å². The highest BCUT2D eigenvalue weighted by Crippen LogP contribution is 2.67. The van der Waals surface area contributed by atoms with E-state index in [1.165, 1.54) is 90.1 Å². The number of piperidine rings is 2. The lowest BCUT2D eigenvalue weighted by Gasteiger charge is -2.62. The van der Waals surface area contributed by atoms with Gasteiger partial charge in [0.2, 0.25) is 0 Å². The van der Waals surface area contributed by atoms with Crippen LogP contribution in [0.5, 0.6) is 0 Å². The molecule has 0 bridgehead atoms. The average molecular weight is 558 g/mol. The lowest BCUT2D eigenvalue weighted by atomic mass is 9.44. The molecule has 4 saturated carbocycles. The van der Waals surface area contributed by atoms with Crippen molar-refractivity contribution in [3.63, 3.8) is 0 Å². The van der Waals surface area contributed by atoms with Gasteiger partial charge in [-0.3, -0.25) is 14.5 Å². The number of hydrogen-bond acceptors (Lipinski definition) is 5. The lowest BCUT2D eigenvalue weighted by Crippen LogP contribution is -2.61. The number of nitrogens with zero attached hydrogens (tertiary/aromatic N) is 2. The van der Waals surface area contributed by atoms with Gasteiger partial charge >= 0.3 is 11.9 Å². The zero-order valence-corrected chi connectivity index (χ0v) is 26.2. The first-order valence-electron chi connectivity index (χ1n) is 17.0. The smallest absolute Gasteiger partial charge is 0.303 e. The monoisotopic (exact) mass is 557 g/mol. The highest BCUT2D eigenvalue weighted by molar-refractivity contribution is 5.66. The number of ether oxygens (including phenoxy) is 2. The Labute approximate surface area is 243 Å². The zero-order valence-electron chi connectivity index (χ0n) is 26.2. The first-order valence-corrected chi connectivity index (χ1v) is 17.0. The Morgan fingerprint density at radius 2 is 1.48 bits per heavy atom. The lowest BCUT2D eigenvalue weighted by molar-refractivity contribution is -0.940. The maximum absolute atomic E-state index is 12.5. The van der Waals surface area contributed by atoms with Crippen molar-refractivity contribution >= 4 is 11.9 Å². The minimum atomic E-state index is -0.111. The average Bonchev–Trinajstić information content (AvgIpc) is 3.21. The van der Waals surface area contributed by atoms with Gasteiger partial charge in [0.25, 0.3) is 0 Å². The molecular formula is C34H57N2O4+. The molecule has 10 atom stereocenters. The number of likely N-dealkylation sites (tertiary alicyclic amines) is 2. The summed E-state index contributed by atoms with van der Waals surface area (Å²) in [6, 6.07) is 0.796. The Morgan fingerprint density at radius 1 is 0.800 bits per heavy atom. The molecule has 2 aliphatic heterocycles. The van der Waals surface area contributed by atoms with Crippen molar-refractivity contribution in [2.45, 2.75) is 135 Å². The summed E-state index contributed by atoms with van der Waals surface area (Å²) in [4.78, 5) is 27.4. The van der Waals surface area contributed by atoms with E-state index in [1.807, 2.05) is 0 Å². The third kappa shape index (κ3) is 4.85. The number of likely N-dealkylation sites (N-methyl/N-ethyl adjacent to an activating group) is 1. The van der Waals surface area contributed by atoms with Crippen LogP contribution in [0.2, 0.25) is 0 Å². The predicted molar refractivity (Wildman–Crippen MR) is 156 cm³/mol. The van der Waals surface area contributed by atoms with Crippen molar-refractivity contribution in [3.8, 4) is 0 Å². The highest BCUT2D eigenvalue weighted by Gasteiger charge is 2.67. The van der Waals surface area contributed by atoms with E-state index in [0.717, 1.165) is 29.9 Å². The fourth-order valence-corrected chi connectivity index (χ4v) is 11.7. The SMILES string of the molecule is CC(=O)O[C@H]1CC2CCC3C(CC[C@@]4(C)C3C[C@H]([N+]3(C)CCCCC3)[C@@H]4OC(C)=O)[C@@]2(C)C[C@@H]1N1CCCCC1. The van der Waals surface area contributed by atoms with Crippen molar-refractivity contribution in [1.82, 2.24) is 4.90 Å². The number of esters is 2. The Bertz CT molecular complexity index is 958. The molecule has 0 aromatic heterocycles. The van der Waals surface area contributed by atoms with Gasteiger partial charge in [0.15, 0.2) is 6.10 Å². The third-order valence-corrected chi connectivity index (χ3v) is 13.7. The summed E-state index contributed by atoms with van der Waals surface area (Å²) in [6.07, 6.45) is 16.3. The first kappa shape index (κ1) is 29.0. The van der Waals surface area contributed by atoms with E-state index in [-0.39, 0.29) is 29.6 Å². The number of rotatable bonds is 4. The van der Waals surface area contributed by atoms with Gasteiger partial charge in [-0.25, -0.2) is 0 Å². The molecule has 6 heteroatoms. The molecule has 6 rings (SSSR count). The van der Waals surface area contributed by atoms with Gasteiger partial charge in [0, 0.05) is 31.7 Å². The molecule has 6 fully saturated rings. The largest absolute Gasteiger partial charge is 0.461 e. The second-order valence-corrected chi connectivity index (χ2v) is 15.8. The molecule has 0 spiro atoms. The number of carbonyl (C=O) groups excluding carboxylic acids is 2. The maximum Gasteiger partial charge on any atom is 0.303 e. The van der Waals surface area contributed by atoms with E-state index >= 15 is 0 Å². The van der Waals surface area contributed by atoms with Crippen molar-refractivity contribution < 1.29 is 23.5 Å². The number of carbonyl (C=O) groups is 2. The zero-order chi connectivity index (χ0) is 28.3. The molecule has 40 heavy (non-hydrogen) atoms. The molecule has 0 amide bonds. The van der Waals surface area contributed by atoms with Crippen LogP contribution in [-0.4, -0.2) is 78.8 Å². The molecular weight excluding hydrogens is 500 g/mol. The Balaban J connectivity index is 1.29.